The lowest BCUT2D eigenvalue weighted by Crippen LogP contribution is -2.58. The summed E-state index contributed by atoms with van der Waals surface area (Å²) in [5.41, 5.74) is 8.67. The Hall–Kier alpha value is -6.88. The Balaban J connectivity index is 0.750. The van der Waals surface area contributed by atoms with Gasteiger partial charge < -0.3 is 29.4 Å². The molecule has 0 aliphatic carbocycles. The molecule has 0 spiro atoms. The van der Waals surface area contributed by atoms with Crippen molar-refractivity contribution in [3.8, 4) is 28.4 Å². The fourth-order valence-electron chi connectivity index (χ4n) is 9.61. The molecule has 3 fully saturated rings. The van der Waals surface area contributed by atoms with Crippen LogP contribution in [0.1, 0.15) is 80.6 Å². The van der Waals surface area contributed by atoms with E-state index >= 15 is 0 Å². The standard InChI is InChI=1S/C48H54N12O5/c1-28-20-31(6-11-35(28)29(2)52-44(62)45-55-46(56-65-45)48(3,4)5)42-36-21-38(53-43(36)51-27-50-42)37-22-40-39(23-49-37)59-19-18-57(25-34(59)26-64-40)24-30-12-15-58(16-13-30)32-7-9-33(10-8-32)60-17-14-41(61)54-47(60)63/h6-11,20-23,27,29-30,34H,12-19,24-26H2,1-5H3,(H,52,62)(H,50,51,53)(H,54,61,63)/t29-,34-/m1/s1. The zero-order valence-electron chi connectivity index (χ0n) is 37.4. The number of benzene rings is 2. The number of fused-ring (bicyclic) bond motifs is 4. The van der Waals surface area contributed by atoms with Crippen molar-refractivity contribution < 1.29 is 23.6 Å². The minimum absolute atomic E-state index is 0.0551. The van der Waals surface area contributed by atoms with E-state index < -0.39 is 5.91 Å². The van der Waals surface area contributed by atoms with Crippen LogP contribution in [0.25, 0.3) is 33.7 Å². The van der Waals surface area contributed by atoms with Crippen LogP contribution < -0.4 is 30.1 Å². The minimum Gasteiger partial charge on any atom is -0.489 e. The Labute approximate surface area is 377 Å². The van der Waals surface area contributed by atoms with Crippen molar-refractivity contribution in [3.63, 3.8) is 0 Å². The van der Waals surface area contributed by atoms with Gasteiger partial charge in [0.25, 0.3) is 0 Å². The van der Waals surface area contributed by atoms with E-state index in [2.05, 4.69) is 69.7 Å². The number of anilines is 3. The lowest BCUT2D eigenvalue weighted by molar-refractivity contribution is -0.120. The Morgan fingerprint density at radius 1 is 0.954 bits per heavy atom. The van der Waals surface area contributed by atoms with E-state index in [1.807, 2.05) is 71.1 Å². The van der Waals surface area contributed by atoms with Crippen LogP contribution >= 0.6 is 0 Å². The molecule has 2 atom stereocenters. The van der Waals surface area contributed by atoms with Gasteiger partial charge in [-0.05, 0) is 80.1 Å². The number of carbonyl (C=O) groups excluding carboxylic acids is 3. The molecule has 4 aromatic heterocycles. The summed E-state index contributed by atoms with van der Waals surface area (Å²) in [6.07, 6.45) is 6.09. The molecule has 0 bridgehead atoms. The summed E-state index contributed by atoms with van der Waals surface area (Å²) in [7, 11) is 0. The predicted octanol–water partition coefficient (Wildman–Crippen LogP) is 6.41. The van der Waals surface area contributed by atoms with Crippen LogP contribution in [0.5, 0.6) is 5.75 Å². The molecule has 4 aliphatic rings. The first kappa shape index (κ1) is 42.1. The first-order chi connectivity index (χ1) is 31.3. The summed E-state index contributed by atoms with van der Waals surface area (Å²) >= 11 is 0. The molecule has 8 heterocycles. The van der Waals surface area contributed by atoms with Gasteiger partial charge >= 0.3 is 17.8 Å². The smallest absolute Gasteiger partial charge is 0.328 e. The van der Waals surface area contributed by atoms with Crippen LogP contribution in [-0.2, 0) is 10.2 Å². The number of aromatic amines is 1. The third kappa shape index (κ3) is 8.47. The number of carbonyl (C=O) groups is 3. The highest BCUT2D eigenvalue weighted by Crippen LogP contribution is 2.39. The van der Waals surface area contributed by atoms with Crippen molar-refractivity contribution in [3.05, 3.63) is 90.0 Å². The van der Waals surface area contributed by atoms with Crippen LogP contribution in [0.2, 0.25) is 0 Å². The molecule has 4 amide bonds. The van der Waals surface area contributed by atoms with E-state index in [1.54, 1.807) is 11.2 Å². The number of hydrogen-bond donors (Lipinski definition) is 3. The second-order valence-electron chi connectivity index (χ2n) is 18.8. The van der Waals surface area contributed by atoms with Crippen molar-refractivity contribution in [1.82, 2.24) is 45.6 Å². The number of rotatable bonds is 9. The van der Waals surface area contributed by atoms with Crippen LogP contribution in [-0.4, -0.2) is 111 Å². The lowest BCUT2D eigenvalue weighted by atomic mass is 9.95. The third-order valence-electron chi connectivity index (χ3n) is 13.2. The number of ether oxygens (including phenoxy) is 1. The molecule has 336 valence electrons. The molecule has 3 N–H and O–H groups in total. The van der Waals surface area contributed by atoms with Gasteiger partial charge in [-0.1, -0.05) is 38.1 Å². The maximum atomic E-state index is 13.0. The summed E-state index contributed by atoms with van der Waals surface area (Å²) in [4.78, 5) is 67.9. The predicted molar refractivity (Wildman–Crippen MR) is 246 cm³/mol. The van der Waals surface area contributed by atoms with Crippen molar-refractivity contribution in [1.29, 1.82) is 0 Å². The monoisotopic (exact) mass is 878 g/mol. The van der Waals surface area contributed by atoms with Crippen molar-refractivity contribution in [2.45, 2.75) is 71.4 Å². The molecular weight excluding hydrogens is 825 g/mol. The molecule has 17 heteroatoms. The van der Waals surface area contributed by atoms with E-state index in [0.29, 0.717) is 37.0 Å². The molecule has 4 aliphatic heterocycles. The molecule has 0 unspecified atom stereocenters. The average Bonchev–Trinajstić information content (AvgIpc) is 3.99. The number of H-pyrrole nitrogens is 1. The van der Waals surface area contributed by atoms with Crippen LogP contribution in [0.3, 0.4) is 0 Å². The lowest BCUT2D eigenvalue weighted by Gasteiger charge is -2.46. The van der Waals surface area contributed by atoms with Gasteiger partial charge in [0, 0.05) is 86.0 Å². The van der Waals surface area contributed by atoms with E-state index in [-0.39, 0.29) is 35.3 Å². The Kier molecular flexibility index (Phi) is 11.0. The second kappa shape index (κ2) is 16.9. The second-order valence-corrected chi connectivity index (χ2v) is 18.8. The topological polar surface area (TPSA) is 191 Å². The maximum Gasteiger partial charge on any atom is 0.328 e. The number of pyridine rings is 1. The fraction of sp³-hybridized carbons (Fsp3) is 0.417. The van der Waals surface area contributed by atoms with Gasteiger partial charge in [-0.2, -0.15) is 4.98 Å². The number of aromatic nitrogens is 6. The van der Waals surface area contributed by atoms with Gasteiger partial charge in [-0.3, -0.25) is 29.7 Å². The SMILES string of the molecule is Cc1cc(-c2ncnc3[nH]c(-c4cc5c(cn4)N4CCN(CC6CCN(c7ccc(N8CCC(=O)NC8=O)cc7)CC6)C[C@@H]4CO5)cc23)ccc1[C@@H](C)NC(=O)c1nc(C(C)(C)C)no1. The first-order valence-corrected chi connectivity index (χ1v) is 22.5. The number of amides is 4. The summed E-state index contributed by atoms with van der Waals surface area (Å²) in [5, 5.41) is 10.3. The number of aryl methyl sites for hydroxylation is 1. The van der Waals surface area contributed by atoms with E-state index in [9.17, 15) is 14.4 Å². The number of urea groups is 1. The molecule has 6 aromatic rings. The van der Waals surface area contributed by atoms with Gasteiger partial charge in [0.15, 0.2) is 5.82 Å². The maximum absolute atomic E-state index is 13.0. The van der Waals surface area contributed by atoms with Crippen molar-refractivity contribution in [2.75, 3.05) is 67.1 Å². The molecule has 2 aromatic carbocycles. The zero-order chi connectivity index (χ0) is 45.0. The highest BCUT2D eigenvalue weighted by atomic mass is 16.5. The Morgan fingerprint density at radius 3 is 2.51 bits per heavy atom. The highest BCUT2D eigenvalue weighted by molar-refractivity contribution is 6.05. The molecule has 17 nitrogen and oxygen atoms in total. The number of imide groups is 1. The first-order valence-electron chi connectivity index (χ1n) is 22.5. The summed E-state index contributed by atoms with van der Waals surface area (Å²) in [6, 6.07) is 17.9. The Bertz CT molecular complexity index is 2770. The van der Waals surface area contributed by atoms with Crippen LogP contribution in [0.4, 0.5) is 21.9 Å². The molecule has 10 rings (SSSR count). The molecular formula is C48H54N12O5. The Morgan fingerprint density at radius 2 is 1.75 bits per heavy atom. The molecule has 0 radical (unpaired) electrons. The van der Waals surface area contributed by atoms with Crippen molar-refractivity contribution >= 4 is 45.9 Å². The average molecular weight is 879 g/mol. The number of nitrogens with one attached hydrogen (secondary N) is 3. The third-order valence-corrected chi connectivity index (χ3v) is 13.2. The van der Waals surface area contributed by atoms with Crippen LogP contribution in [0, 0.1) is 12.8 Å². The number of hydrogen-bond acceptors (Lipinski definition) is 13. The normalized spacial score (nSPS) is 18.8. The van der Waals surface area contributed by atoms with Gasteiger partial charge in [0.05, 0.1) is 41.0 Å². The van der Waals surface area contributed by atoms with Gasteiger partial charge in [-0.15, -0.1) is 0 Å². The summed E-state index contributed by atoms with van der Waals surface area (Å²) in [5.74, 6) is 1.25. The quantitative estimate of drug-likeness (QED) is 0.145. The van der Waals surface area contributed by atoms with Crippen molar-refractivity contribution in [2.24, 2.45) is 5.92 Å². The molecule has 3 saturated heterocycles. The molecule has 65 heavy (non-hydrogen) atoms. The number of nitrogens with zero attached hydrogens (tertiary/aromatic N) is 9. The number of piperazine rings is 1. The zero-order valence-corrected chi connectivity index (χ0v) is 37.4. The number of piperidine rings is 1. The van der Waals surface area contributed by atoms with E-state index in [0.717, 1.165) is 114 Å². The fourth-order valence-corrected chi connectivity index (χ4v) is 9.61. The largest absolute Gasteiger partial charge is 0.489 e. The minimum atomic E-state index is -0.417. The van der Waals surface area contributed by atoms with Gasteiger partial charge in [0.1, 0.15) is 24.3 Å². The highest BCUT2D eigenvalue weighted by Gasteiger charge is 2.35. The summed E-state index contributed by atoms with van der Waals surface area (Å²) < 4.78 is 11.7. The van der Waals surface area contributed by atoms with E-state index in [1.165, 1.54) is 0 Å². The summed E-state index contributed by atoms with van der Waals surface area (Å²) in [6.45, 7) is 16.8. The molecule has 0 saturated carbocycles. The van der Waals surface area contributed by atoms with Gasteiger partial charge in [-0.25, -0.2) is 14.8 Å². The van der Waals surface area contributed by atoms with Gasteiger partial charge in [0.2, 0.25) is 5.91 Å². The van der Waals surface area contributed by atoms with Crippen LogP contribution in [0.15, 0.2) is 71.6 Å². The van der Waals surface area contributed by atoms with E-state index in [4.69, 9.17) is 19.2 Å².